The highest BCUT2D eigenvalue weighted by molar-refractivity contribution is 8.00. The molecule has 0 saturated carbocycles. The van der Waals surface area contributed by atoms with Crippen LogP contribution in [0.1, 0.15) is 32.3 Å². The lowest BCUT2D eigenvalue weighted by atomic mass is 10.1. The van der Waals surface area contributed by atoms with Gasteiger partial charge in [0.1, 0.15) is 22.4 Å². The fourth-order valence-electron chi connectivity index (χ4n) is 4.81. The van der Waals surface area contributed by atoms with Crippen molar-refractivity contribution in [2.45, 2.75) is 17.1 Å². The molecule has 0 bridgehead atoms. The predicted molar refractivity (Wildman–Crippen MR) is 196 cm³/mol. The van der Waals surface area contributed by atoms with Gasteiger partial charge in [-0.05, 0) is 84.8 Å². The second-order valence-electron chi connectivity index (χ2n) is 10.8. The third-order valence-electron chi connectivity index (χ3n) is 7.43. The normalized spacial score (nSPS) is 11.6. The van der Waals surface area contributed by atoms with Crippen molar-refractivity contribution in [2.75, 3.05) is 24.9 Å². The first kappa shape index (κ1) is 34.8. The van der Waals surface area contributed by atoms with Gasteiger partial charge in [0.25, 0.3) is 11.8 Å². The van der Waals surface area contributed by atoms with Crippen LogP contribution in [0.25, 0.3) is 6.08 Å². The fraction of sp³-hybridized carbons (Fsp3) is 0.103. The van der Waals surface area contributed by atoms with Crippen LogP contribution >= 0.6 is 23.4 Å². The Balaban J connectivity index is 1.36. The van der Waals surface area contributed by atoms with Gasteiger partial charge >= 0.3 is 0 Å². The number of hydrogen-bond donors (Lipinski definition) is 3. The molecule has 0 aliphatic heterocycles. The van der Waals surface area contributed by atoms with Gasteiger partial charge < -0.3 is 25.4 Å². The van der Waals surface area contributed by atoms with Crippen LogP contribution in [0.5, 0.6) is 11.5 Å². The van der Waals surface area contributed by atoms with E-state index in [2.05, 4.69) is 16.0 Å². The number of methoxy groups -OCH3 is 2. The highest BCUT2D eigenvalue weighted by Crippen LogP contribution is 2.37. The molecule has 0 saturated heterocycles. The summed E-state index contributed by atoms with van der Waals surface area (Å²) in [6.45, 7) is 1.91. The Morgan fingerprint density at radius 1 is 0.776 bits per heavy atom. The molecule has 3 amide bonds. The van der Waals surface area contributed by atoms with E-state index in [1.165, 1.54) is 18.9 Å². The van der Waals surface area contributed by atoms with Crippen LogP contribution in [-0.4, -0.2) is 31.9 Å². The summed E-state index contributed by atoms with van der Waals surface area (Å²) in [5, 5.41) is 8.60. The van der Waals surface area contributed by atoms with E-state index >= 15 is 0 Å². The van der Waals surface area contributed by atoms with Crippen molar-refractivity contribution in [2.24, 2.45) is 0 Å². The first-order valence-electron chi connectivity index (χ1n) is 15.2. The summed E-state index contributed by atoms with van der Waals surface area (Å²) in [4.78, 5) is 41.2. The molecule has 0 heterocycles. The third-order valence-corrected chi connectivity index (χ3v) is 8.93. The Morgan fingerprint density at radius 2 is 1.47 bits per heavy atom. The largest absolute Gasteiger partial charge is 0.497 e. The Morgan fingerprint density at radius 3 is 2.14 bits per heavy atom. The molecule has 3 N–H and O–H groups in total. The first-order valence-corrected chi connectivity index (χ1v) is 16.5. The van der Waals surface area contributed by atoms with E-state index in [0.29, 0.717) is 39.0 Å². The van der Waals surface area contributed by atoms with Gasteiger partial charge in [-0.3, -0.25) is 14.4 Å². The average molecular weight is 692 g/mol. The average Bonchev–Trinajstić information content (AvgIpc) is 3.13. The summed E-state index contributed by atoms with van der Waals surface area (Å²) in [5.74, 6) is -0.141. The van der Waals surface area contributed by atoms with Crippen LogP contribution in [0.3, 0.4) is 0 Å². The van der Waals surface area contributed by atoms with E-state index < -0.39 is 17.1 Å². The van der Waals surface area contributed by atoms with Crippen molar-refractivity contribution in [3.63, 3.8) is 0 Å². The number of amides is 3. The monoisotopic (exact) mass is 691 g/mol. The van der Waals surface area contributed by atoms with Crippen LogP contribution in [0.4, 0.5) is 11.4 Å². The number of aryl methyl sites for hydroxylation is 1. The van der Waals surface area contributed by atoms with E-state index in [0.717, 1.165) is 16.0 Å². The maximum Gasteiger partial charge on any atom is 0.272 e. The molecular weight excluding hydrogens is 658 g/mol. The lowest BCUT2D eigenvalue weighted by molar-refractivity contribution is -0.116. The fourth-order valence-corrected chi connectivity index (χ4v) is 6.01. The van der Waals surface area contributed by atoms with E-state index in [1.54, 1.807) is 86.0 Å². The molecule has 1 unspecified atom stereocenters. The van der Waals surface area contributed by atoms with Gasteiger partial charge in [0.05, 0.1) is 14.2 Å². The lowest BCUT2D eigenvalue weighted by Gasteiger charge is -2.18. The zero-order valence-corrected chi connectivity index (χ0v) is 28.6. The zero-order chi connectivity index (χ0) is 34.8. The molecule has 0 fully saturated rings. The third kappa shape index (κ3) is 9.31. The molecule has 1 atom stereocenters. The summed E-state index contributed by atoms with van der Waals surface area (Å²) in [5.41, 5.74) is 3.83. The van der Waals surface area contributed by atoms with Crippen molar-refractivity contribution < 1.29 is 23.9 Å². The maximum absolute atomic E-state index is 13.6. The molecule has 8 nitrogen and oxygen atoms in total. The molecular formula is C39H34ClN3O5S. The summed E-state index contributed by atoms with van der Waals surface area (Å²) >= 11 is 7.57. The van der Waals surface area contributed by atoms with Gasteiger partial charge in [-0.25, -0.2) is 0 Å². The molecule has 5 rings (SSSR count). The topological polar surface area (TPSA) is 106 Å². The Bertz CT molecular complexity index is 1970. The van der Waals surface area contributed by atoms with E-state index in [9.17, 15) is 14.4 Å². The van der Waals surface area contributed by atoms with Crippen LogP contribution < -0.4 is 25.4 Å². The standard InChI is InChI=1S/C39H34ClN3O5S/c1-25-14-16-29(40)23-33(25)42-39(46)36(26-10-6-4-7-11-26)49-32-20-17-30(18-21-32)41-38(45)34(43-37(44)27-12-8-5-9-13-27)22-28-15-19-31(47-2)24-35(28)48-3/h4-24,36H,1-3H3,(H,41,45)(H,42,46)(H,43,44)/b34-22-. The minimum Gasteiger partial charge on any atom is -0.497 e. The molecule has 0 spiro atoms. The lowest BCUT2D eigenvalue weighted by Crippen LogP contribution is -2.30. The van der Waals surface area contributed by atoms with Crippen molar-refractivity contribution in [3.05, 3.63) is 154 Å². The minimum atomic E-state index is -0.567. The number of nitrogens with one attached hydrogen (secondary N) is 3. The van der Waals surface area contributed by atoms with Gasteiger partial charge in [0.2, 0.25) is 5.91 Å². The van der Waals surface area contributed by atoms with E-state index in [-0.39, 0.29) is 11.6 Å². The SMILES string of the molecule is COc1ccc(/C=C(\NC(=O)c2ccccc2)C(=O)Nc2ccc(SC(C(=O)Nc3cc(Cl)ccc3C)c3ccccc3)cc2)c(OC)c1. The molecule has 248 valence electrons. The van der Waals surface area contributed by atoms with Crippen molar-refractivity contribution >= 4 is 58.5 Å². The predicted octanol–water partition coefficient (Wildman–Crippen LogP) is 8.55. The molecule has 0 aliphatic rings. The van der Waals surface area contributed by atoms with Crippen LogP contribution in [0.15, 0.2) is 132 Å². The Labute approximate surface area is 294 Å². The zero-order valence-electron chi connectivity index (χ0n) is 27.0. The molecule has 5 aromatic rings. The van der Waals surface area contributed by atoms with E-state index in [4.69, 9.17) is 21.1 Å². The van der Waals surface area contributed by atoms with Gasteiger partial charge in [-0.15, -0.1) is 11.8 Å². The highest BCUT2D eigenvalue weighted by atomic mass is 35.5. The first-order chi connectivity index (χ1) is 23.7. The number of anilines is 2. The Kier molecular flexibility index (Phi) is 11.8. The van der Waals surface area contributed by atoms with Crippen molar-refractivity contribution in [1.29, 1.82) is 0 Å². The number of benzene rings is 5. The molecule has 49 heavy (non-hydrogen) atoms. The van der Waals surface area contributed by atoms with Gasteiger partial charge in [-0.2, -0.15) is 0 Å². The van der Waals surface area contributed by atoms with Crippen LogP contribution in [-0.2, 0) is 9.59 Å². The summed E-state index contributed by atoms with van der Waals surface area (Å²) < 4.78 is 10.8. The molecule has 5 aromatic carbocycles. The van der Waals surface area contributed by atoms with Crippen molar-refractivity contribution in [3.8, 4) is 11.5 Å². The molecule has 0 radical (unpaired) electrons. The van der Waals surface area contributed by atoms with E-state index in [1.807, 2.05) is 55.5 Å². The quantitative estimate of drug-likeness (QED) is 0.0895. The molecule has 0 aliphatic carbocycles. The van der Waals surface area contributed by atoms with Crippen LogP contribution in [0.2, 0.25) is 5.02 Å². The summed E-state index contributed by atoms with van der Waals surface area (Å²) in [6.07, 6.45) is 1.55. The summed E-state index contributed by atoms with van der Waals surface area (Å²) in [7, 11) is 3.06. The van der Waals surface area contributed by atoms with Crippen molar-refractivity contribution in [1.82, 2.24) is 5.32 Å². The van der Waals surface area contributed by atoms with Gasteiger partial charge in [-0.1, -0.05) is 66.2 Å². The number of carbonyl (C=O) groups is 3. The minimum absolute atomic E-state index is 0.00731. The number of ether oxygens (including phenoxy) is 2. The number of rotatable bonds is 12. The second-order valence-corrected chi connectivity index (χ2v) is 12.4. The van der Waals surface area contributed by atoms with Crippen LogP contribution in [0, 0.1) is 6.92 Å². The highest BCUT2D eigenvalue weighted by Gasteiger charge is 2.23. The second kappa shape index (κ2) is 16.5. The van der Waals surface area contributed by atoms with Gasteiger partial charge in [0, 0.05) is 38.5 Å². The Hall–Kier alpha value is -5.51. The maximum atomic E-state index is 13.6. The smallest absolute Gasteiger partial charge is 0.272 e. The number of carbonyl (C=O) groups excluding carboxylic acids is 3. The van der Waals surface area contributed by atoms with Gasteiger partial charge in [0.15, 0.2) is 0 Å². The molecule has 10 heteroatoms. The summed E-state index contributed by atoms with van der Waals surface area (Å²) in [6, 6.07) is 35.8. The number of halogens is 1. The number of hydrogen-bond acceptors (Lipinski definition) is 6. The molecule has 0 aromatic heterocycles. The number of thioether (sulfide) groups is 1.